The van der Waals surface area contributed by atoms with Crippen LogP contribution >= 0.6 is 11.6 Å². The highest BCUT2D eigenvalue weighted by atomic mass is 35.5. The molecule has 2 aromatic rings. The number of aromatic nitrogens is 3. The van der Waals surface area contributed by atoms with Gasteiger partial charge in [-0.3, -0.25) is 4.98 Å². The molecule has 5 heteroatoms. The second-order valence-electron chi connectivity index (χ2n) is 3.02. The van der Waals surface area contributed by atoms with Crippen LogP contribution in [0.4, 0.5) is 0 Å². The van der Waals surface area contributed by atoms with E-state index in [2.05, 4.69) is 15.0 Å². The first-order valence-electron chi connectivity index (χ1n) is 4.87. The number of hydrogen-bond acceptors (Lipinski definition) is 4. The van der Waals surface area contributed by atoms with E-state index in [1.807, 2.05) is 19.1 Å². The summed E-state index contributed by atoms with van der Waals surface area (Å²) in [6, 6.07) is 5.23. The van der Waals surface area contributed by atoms with Crippen molar-refractivity contribution < 1.29 is 4.74 Å². The van der Waals surface area contributed by atoms with Crippen molar-refractivity contribution in [2.75, 3.05) is 6.61 Å². The first kappa shape index (κ1) is 10.8. The second kappa shape index (κ2) is 4.90. The lowest BCUT2D eigenvalue weighted by atomic mass is 10.2. The van der Waals surface area contributed by atoms with Crippen molar-refractivity contribution in [3.8, 4) is 17.3 Å². The van der Waals surface area contributed by atoms with Crippen LogP contribution in [0.2, 0.25) is 5.15 Å². The largest absolute Gasteiger partial charge is 0.478 e. The molecule has 2 aromatic heterocycles. The molecule has 4 nitrogen and oxygen atoms in total. The SMILES string of the molecule is CCOc1cc(Cl)nc(-c2ccncc2)n1. The summed E-state index contributed by atoms with van der Waals surface area (Å²) in [5.41, 5.74) is 0.860. The summed E-state index contributed by atoms with van der Waals surface area (Å²) in [5.74, 6) is 1.02. The lowest BCUT2D eigenvalue weighted by Gasteiger charge is -2.05. The summed E-state index contributed by atoms with van der Waals surface area (Å²) in [5, 5.41) is 0.366. The Kier molecular flexibility index (Phi) is 3.31. The van der Waals surface area contributed by atoms with Gasteiger partial charge in [-0.2, -0.15) is 4.98 Å². The molecule has 0 atom stereocenters. The van der Waals surface area contributed by atoms with Gasteiger partial charge in [0, 0.05) is 24.0 Å². The third kappa shape index (κ3) is 2.46. The molecule has 2 heterocycles. The van der Waals surface area contributed by atoms with Crippen molar-refractivity contribution in [2.24, 2.45) is 0 Å². The third-order valence-corrected chi connectivity index (χ3v) is 2.10. The first-order valence-corrected chi connectivity index (χ1v) is 5.25. The number of rotatable bonds is 3. The van der Waals surface area contributed by atoms with E-state index in [9.17, 15) is 0 Å². The molecule has 0 N–H and O–H groups in total. The average molecular weight is 236 g/mol. The smallest absolute Gasteiger partial charge is 0.218 e. The molecule has 0 unspecified atom stereocenters. The van der Waals surface area contributed by atoms with Gasteiger partial charge < -0.3 is 4.74 Å². The molecular weight excluding hydrogens is 226 g/mol. The maximum Gasteiger partial charge on any atom is 0.218 e. The van der Waals surface area contributed by atoms with E-state index >= 15 is 0 Å². The molecule has 0 bridgehead atoms. The van der Waals surface area contributed by atoms with Crippen molar-refractivity contribution in [2.45, 2.75) is 6.92 Å². The Morgan fingerprint density at radius 1 is 1.25 bits per heavy atom. The fourth-order valence-corrected chi connectivity index (χ4v) is 1.42. The third-order valence-electron chi connectivity index (χ3n) is 1.90. The van der Waals surface area contributed by atoms with E-state index in [0.29, 0.717) is 23.5 Å². The van der Waals surface area contributed by atoms with Crippen LogP contribution in [0.5, 0.6) is 5.88 Å². The van der Waals surface area contributed by atoms with Crippen LogP contribution in [0.3, 0.4) is 0 Å². The minimum atomic E-state index is 0.366. The fraction of sp³-hybridized carbons (Fsp3) is 0.182. The normalized spacial score (nSPS) is 10.1. The average Bonchev–Trinajstić information content (AvgIpc) is 2.30. The topological polar surface area (TPSA) is 47.9 Å². The van der Waals surface area contributed by atoms with Gasteiger partial charge in [0.25, 0.3) is 0 Å². The lowest BCUT2D eigenvalue weighted by molar-refractivity contribution is 0.326. The molecule has 0 aliphatic rings. The van der Waals surface area contributed by atoms with Crippen molar-refractivity contribution >= 4 is 11.6 Å². The Bertz CT molecular complexity index is 476. The quantitative estimate of drug-likeness (QED) is 0.768. The van der Waals surface area contributed by atoms with Gasteiger partial charge in [0.15, 0.2) is 5.82 Å². The van der Waals surface area contributed by atoms with E-state index in [1.54, 1.807) is 18.5 Å². The standard InChI is InChI=1S/C11H10ClN3O/c1-2-16-10-7-9(12)14-11(15-10)8-3-5-13-6-4-8/h3-7H,2H2,1H3. The van der Waals surface area contributed by atoms with Gasteiger partial charge in [0.2, 0.25) is 5.88 Å². The van der Waals surface area contributed by atoms with E-state index < -0.39 is 0 Å². The highest BCUT2D eigenvalue weighted by Gasteiger charge is 2.05. The Labute approximate surface area is 98.3 Å². The van der Waals surface area contributed by atoms with Gasteiger partial charge >= 0.3 is 0 Å². The van der Waals surface area contributed by atoms with E-state index in [0.717, 1.165) is 5.56 Å². The van der Waals surface area contributed by atoms with Crippen molar-refractivity contribution in [1.82, 2.24) is 15.0 Å². The van der Waals surface area contributed by atoms with Crippen LogP contribution in [0.25, 0.3) is 11.4 Å². The van der Waals surface area contributed by atoms with Gasteiger partial charge in [0.1, 0.15) is 5.15 Å². The molecule has 0 aromatic carbocycles. The summed E-state index contributed by atoms with van der Waals surface area (Å²) in [7, 11) is 0. The molecule has 0 radical (unpaired) electrons. The Hall–Kier alpha value is -1.68. The van der Waals surface area contributed by atoms with Crippen LogP contribution in [0.1, 0.15) is 6.92 Å². The van der Waals surface area contributed by atoms with Crippen LogP contribution in [-0.2, 0) is 0 Å². The monoisotopic (exact) mass is 235 g/mol. The molecule has 82 valence electrons. The van der Waals surface area contributed by atoms with Crippen LogP contribution < -0.4 is 4.74 Å². The molecule has 0 saturated carbocycles. The van der Waals surface area contributed by atoms with E-state index in [1.165, 1.54) is 0 Å². The zero-order valence-corrected chi connectivity index (χ0v) is 9.48. The molecule has 0 fully saturated rings. The van der Waals surface area contributed by atoms with Crippen molar-refractivity contribution in [3.63, 3.8) is 0 Å². The number of ether oxygens (including phenoxy) is 1. The van der Waals surface area contributed by atoms with Gasteiger partial charge in [-0.25, -0.2) is 4.98 Å². The van der Waals surface area contributed by atoms with Gasteiger partial charge in [-0.1, -0.05) is 11.6 Å². The Balaban J connectivity index is 2.41. The summed E-state index contributed by atoms with van der Waals surface area (Å²) in [4.78, 5) is 12.3. The van der Waals surface area contributed by atoms with Gasteiger partial charge in [-0.05, 0) is 19.1 Å². The minimum Gasteiger partial charge on any atom is -0.478 e. The fourth-order valence-electron chi connectivity index (χ4n) is 1.25. The molecule has 0 spiro atoms. The first-order chi connectivity index (χ1) is 7.79. The number of pyridine rings is 1. The van der Waals surface area contributed by atoms with Crippen molar-refractivity contribution in [1.29, 1.82) is 0 Å². The van der Waals surface area contributed by atoms with E-state index in [4.69, 9.17) is 16.3 Å². The molecule has 16 heavy (non-hydrogen) atoms. The summed E-state index contributed by atoms with van der Waals surface area (Å²) in [6.07, 6.45) is 3.36. The van der Waals surface area contributed by atoms with Crippen LogP contribution in [0, 0.1) is 0 Å². The molecule has 2 rings (SSSR count). The minimum absolute atomic E-state index is 0.366. The molecular formula is C11H10ClN3O. The maximum atomic E-state index is 5.89. The molecule has 0 aliphatic carbocycles. The highest BCUT2D eigenvalue weighted by Crippen LogP contribution is 2.20. The predicted octanol–water partition coefficient (Wildman–Crippen LogP) is 2.59. The van der Waals surface area contributed by atoms with Crippen LogP contribution in [0.15, 0.2) is 30.6 Å². The molecule has 0 saturated heterocycles. The Morgan fingerprint density at radius 2 is 2.00 bits per heavy atom. The summed E-state index contributed by atoms with van der Waals surface area (Å²) < 4.78 is 5.30. The van der Waals surface area contributed by atoms with Gasteiger partial charge in [0.05, 0.1) is 6.61 Å². The zero-order valence-electron chi connectivity index (χ0n) is 8.72. The number of halogens is 1. The Morgan fingerprint density at radius 3 is 2.69 bits per heavy atom. The summed E-state index contributed by atoms with van der Waals surface area (Å²) in [6.45, 7) is 2.44. The predicted molar refractivity (Wildman–Crippen MR) is 61.4 cm³/mol. The molecule has 0 amide bonds. The van der Waals surface area contributed by atoms with Crippen LogP contribution in [-0.4, -0.2) is 21.6 Å². The highest BCUT2D eigenvalue weighted by molar-refractivity contribution is 6.29. The van der Waals surface area contributed by atoms with Gasteiger partial charge in [-0.15, -0.1) is 0 Å². The number of hydrogen-bond donors (Lipinski definition) is 0. The lowest BCUT2D eigenvalue weighted by Crippen LogP contribution is -1.97. The number of nitrogens with zero attached hydrogens (tertiary/aromatic N) is 3. The molecule has 0 aliphatic heterocycles. The maximum absolute atomic E-state index is 5.89. The summed E-state index contributed by atoms with van der Waals surface area (Å²) >= 11 is 5.89. The zero-order chi connectivity index (χ0) is 11.4. The second-order valence-corrected chi connectivity index (χ2v) is 3.41. The van der Waals surface area contributed by atoms with Crippen molar-refractivity contribution in [3.05, 3.63) is 35.7 Å². The van der Waals surface area contributed by atoms with E-state index in [-0.39, 0.29) is 0 Å².